The van der Waals surface area contributed by atoms with Crippen molar-refractivity contribution >= 4 is 23.9 Å². The standard InChI is InChI=1S/C25H37F2N3O7/c1-6-8-10-24(26,27)12-15-13-25(15,21(34)35)30(20(33)18-11-16(31)14-28-18)19(32)17(9-7-2)29-22(36)37-23(3,4)5/h6-7,15-18,28,31H,1-2,8-14H2,3-5H3,(H,29,36)(H,34,35)/t15?,16-,17+,18+,25?/m1/s1. The lowest BCUT2D eigenvalue weighted by Crippen LogP contribution is -2.61. The number of allylic oxidation sites excluding steroid dienone is 1. The van der Waals surface area contributed by atoms with Crippen LogP contribution in [0.4, 0.5) is 13.6 Å². The molecule has 3 amide bonds. The van der Waals surface area contributed by atoms with Gasteiger partial charge in [0.15, 0.2) is 5.54 Å². The first-order valence-electron chi connectivity index (χ1n) is 12.2. The molecular weight excluding hydrogens is 492 g/mol. The molecule has 12 heteroatoms. The summed E-state index contributed by atoms with van der Waals surface area (Å²) in [6, 6.07) is -2.55. The number of nitrogens with zero attached hydrogens (tertiary/aromatic N) is 1. The molecule has 1 aliphatic carbocycles. The minimum Gasteiger partial charge on any atom is -0.479 e. The van der Waals surface area contributed by atoms with Crippen LogP contribution in [0.1, 0.15) is 59.3 Å². The summed E-state index contributed by atoms with van der Waals surface area (Å²) in [6.45, 7) is 11.8. The van der Waals surface area contributed by atoms with Gasteiger partial charge >= 0.3 is 12.1 Å². The predicted octanol–water partition coefficient (Wildman–Crippen LogP) is 2.37. The molecule has 5 atom stereocenters. The summed E-state index contributed by atoms with van der Waals surface area (Å²) in [6.07, 6.45) is -1.32. The van der Waals surface area contributed by atoms with E-state index in [1.807, 2.05) is 0 Å². The van der Waals surface area contributed by atoms with Gasteiger partial charge in [0.2, 0.25) is 11.8 Å². The Morgan fingerprint density at radius 2 is 1.89 bits per heavy atom. The van der Waals surface area contributed by atoms with Crippen LogP contribution in [0.25, 0.3) is 0 Å². The number of ether oxygens (including phenoxy) is 1. The number of carboxylic acids is 1. The number of β-amino-alcohol motifs (C(OH)–C–C–N with tert-alkyl or cyclic N) is 1. The monoisotopic (exact) mass is 529 g/mol. The van der Waals surface area contributed by atoms with Crippen LogP contribution in [0, 0.1) is 5.92 Å². The van der Waals surface area contributed by atoms with E-state index in [1.54, 1.807) is 20.8 Å². The summed E-state index contributed by atoms with van der Waals surface area (Å²) in [5.41, 5.74) is -3.14. The molecule has 1 aliphatic heterocycles. The molecule has 2 rings (SSSR count). The fourth-order valence-corrected chi connectivity index (χ4v) is 4.52. The molecule has 1 saturated heterocycles. The van der Waals surface area contributed by atoms with Crippen LogP contribution in [0.15, 0.2) is 25.3 Å². The minimum atomic E-state index is -3.25. The van der Waals surface area contributed by atoms with Gasteiger partial charge in [0.25, 0.3) is 5.91 Å². The van der Waals surface area contributed by atoms with E-state index in [2.05, 4.69) is 23.8 Å². The lowest BCUT2D eigenvalue weighted by atomic mass is 10.00. The molecule has 208 valence electrons. The third kappa shape index (κ3) is 7.57. The number of aliphatic hydroxyl groups is 1. The van der Waals surface area contributed by atoms with E-state index in [-0.39, 0.29) is 32.2 Å². The SMILES string of the molecule is C=CCCC(F)(F)CC1CC1(C(=O)O)N(C(=O)[C@@H]1C[C@@H](O)CN1)C(=O)[C@H](CC=C)NC(=O)OC(C)(C)C. The van der Waals surface area contributed by atoms with Gasteiger partial charge in [-0.25, -0.2) is 18.4 Å². The predicted molar refractivity (Wildman–Crippen MR) is 130 cm³/mol. The van der Waals surface area contributed by atoms with E-state index >= 15 is 0 Å². The average Bonchev–Trinajstić information content (AvgIpc) is 3.28. The molecule has 10 nitrogen and oxygen atoms in total. The second kappa shape index (κ2) is 11.7. The molecule has 0 aromatic carbocycles. The molecule has 37 heavy (non-hydrogen) atoms. The van der Waals surface area contributed by atoms with E-state index in [9.17, 15) is 38.2 Å². The highest BCUT2D eigenvalue weighted by Crippen LogP contribution is 2.54. The van der Waals surface area contributed by atoms with Crippen molar-refractivity contribution in [3.63, 3.8) is 0 Å². The normalized spacial score (nSPS) is 26.1. The highest BCUT2D eigenvalue weighted by Gasteiger charge is 2.69. The maximum absolute atomic E-state index is 14.6. The molecule has 1 saturated carbocycles. The van der Waals surface area contributed by atoms with E-state index < -0.39 is 77.9 Å². The number of alkyl carbamates (subject to hydrolysis) is 1. The summed E-state index contributed by atoms with van der Waals surface area (Å²) >= 11 is 0. The van der Waals surface area contributed by atoms with Gasteiger partial charge in [-0.1, -0.05) is 12.2 Å². The van der Waals surface area contributed by atoms with Crippen LogP contribution in [0.2, 0.25) is 0 Å². The number of nitrogens with one attached hydrogen (secondary N) is 2. The van der Waals surface area contributed by atoms with Gasteiger partial charge in [-0.3, -0.25) is 14.5 Å². The summed E-state index contributed by atoms with van der Waals surface area (Å²) in [5.74, 6) is -8.12. The number of amides is 3. The molecular formula is C25H37F2N3O7. The fourth-order valence-electron chi connectivity index (χ4n) is 4.52. The van der Waals surface area contributed by atoms with Crippen LogP contribution in [-0.4, -0.2) is 80.8 Å². The highest BCUT2D eigenvalue weighted by atomic mass is 19.3. The number of halogens is 2. The van der Waals surface area contributed by atoms with Crippen molar-refractivity contribution in [2.24, 2.45) is 5.92 Å². The molecule has 0 aromatic rings. The molecule has 2 fully saturated rings. The van der Waals surface area contributed by atoms with Crippen LogP contribution in [0.3, 0.4) is 0 Å². The summed E-state index contributed by atoms with van der Waals surface area (Å²) in [4.78, 5) is 52.6. The first-order valence-corrected chi connectivity index (χ1v) is 12.2. The lowest BCUT2D eigenvalue weighted by Gasteiger charge is -2.34. The van der Waals surface area contributed by atoms with Crippen LogP contribution in [-0.2, 0) is 19.1 Å². The molecule has 1 heterocycles. The number of rotatable bonds is 12. The first-order chi connectivity index (χ1) is 17.1. The van der Waals surface area contributed by atoms with E-state index in [0.29, 0.717) is 4.90 Å². The Bertz CT molecular complexity index is 920. The van der Waals surface area contributed by atoms with Crippen LogP contribution < -0.4 is 10.6 Å². The van der Waals surface area contributed by atoms with Crippen LogP contribution >= 0.6 is 0 Å². The number of aliphatic carboxylic acids is 1. The summed E-state index contributed by atoms with van der Waals surface area (Å²) in [7, 11) is 0. The van der Waals surface area contributed by atoms with Crippen LogP contribution in [0.5, 0.6) is 0 Å². The van der Waals surface area contributed by atoms with Crippen molar-refractivity contribution < 1.29 is 42.9 Å². The smallest absolute Gasteiger partial charge is 0.408 e. The van der Waals surface area contributed by atoms with E-state index in [0.717, 1.165) is 0 Å². The topological polar surface area (TPSA) is 145 Å². The average molecular weight is 530 g/mol. The molecule has 2 aliphatic rings. The number of imide groups is 1. The van der Waals surface area contributed by atoms with E-state index in [4.69, 9.17) is 4.74 Å². The zero-order valence-corrected chi connectivity index (χ0v) is 21.5. The molecule has 2 unspecified atom stereocenters. The van der Waals surface area contributed by atoms with Gasteiger partial charge in [0, 0.05) is 25.3 Å². The molecule has 0 spiro atoms. The summed E-state index contributed by atoms with van der Waals surface area (Å²) in [5, 5.41) is 25.1. The van der Waals surface area contributed by atoms with Gasteiger partial charge in [-0.2, -0.15) is 0 Å². The zero-order valence-electron chi connectivity index (χ0n) is 21.5. The van der Waals surface area contributed by atoms with Gasteiger partial charge in [0.1, 0.15) is 11.6 Å². The minimum absolute atomic E-state index is 0.00642. The Morgan fingerprint density at radius 3 is 2.38 bits per heavy atom. The highest BCUT2D eigenvalue weighted by molar-refractivity contribution is 6.06. The third-order valence-electron chi connectivity index (χ3n) is 6.34. The van der Waals surface area contributed by atoms with Gasteiger partial charge in [-0.15, -0.1) is 13.2 Å². The van der Waals surface area contributed by atoms with Crippen molar-refractivity contribution in [2.75, 3.05) is 6.54 Å². The molecule has 0 radical (unpaired) electrons. The number of carbonyl (C=O) groups excluding carboxylic acids is 3. The van der Waals surface area contributed by atoms with Crippen molar-refractivity contribution in [2.45, 2.75) is 94.5 Å². The lowest BCUT2D eigenvalue weighted by molar-refractivity contribution is -0.163. The number of carbonyl (C=O) groups is 4. The van der Waals surface area contributed by atoms with Gasteiger partial charge in [-0.05, 0) is 46.5 Å². The number of hydrogen-bond donors (Lipinski definition) is 4. The second-order valence-electron chi connectivity index (χ2n) is 10.6. The van der Waals surface area contributed by atoms with Crippen molar-refractivity contribution in [3.8, 4) is 0 Å². The number of hydrogen-bond acceptors (Lipinski definition) is 7. The Morgan fingerprint density at radius 1 is 1.24 bits per heavy atom. The summed E-state index contributed by atoms with van der Waals surface area (Å²) < 4.78 is 34.3. The van der Waals surface area contributed by atoms with E-state index in [1.165, 1.54) is 12.2 Å². The molecule has 4 N–H and O–H groups in total. The Hall–Kier alpha value is -2.86. The van der Waals surface area contributed by atoms with Gasteiger partial charge in [0.05, 0.1) is 12.1 Å². The Kier molecular flexibility index (Phi) is 9.58. The first kappa shape index (κ1) is 30.4. The maximum atomic E-state index is 14.6. The third-order valence-corrected chi connectivity index (χ3v) is 6.34. The zero-order chi connectivity index (χ0) is 28.2. The number of carboxylic acid groups (broad SMARTS) is 1. The fraction of sp³-hybridized carbons (Fsp3) is 0.680. The quantitative estimate of drug-likeness (QED) is 0.282. The molecule has 0 aromatic heterocycles. The Balaban J connectivity index is 2.44. The number of alkyl halides is 2. The second-order valence-corrected chi connectivity index (χ2v) is 10.6. The van der Waals surface area contributed by atoms with Gasteiger partial charge < -0.3 is 25.6 Å². The van der Waals surface area contributed by atoms with Crippen molar-refractivity contribution in [3.05, 3.63) is 25.3 Å². The number of aliphatic hydroxyl groups excluding tert-OH is 1. The van der Waals surface area contributed by atoms with Crippen molar-refractivity contribution in [1.82, 2.24) is 15.5 Å². The largest absolute Gasteiger partial charge is 0.479 e. The van der Waals surface area contributed by atoms with Crippen molar-refractivity contribution in [1.29, 1.82) is 0 Å². The maximum Gasteiger partial charge on any atom is 0.408 e. The molecule has 0 bridgehead atoms. The Labute approximate surface area is 215 Å².